The molecule has 0 radical (unpaired) electrons. The van der Waals surface area contributed by atoms with E-state index in [0.717, 1.165) is 5.56 Å². The predicted octanol–water partition coefficient (Wildman–Crippen LogP) is 2.78. The molecule has 1 atom stereocenters. The van der Waals surface area contributed by atoms with E-state index < -0.39 is 5.97 Å². The lowest BCUT2D eigenvalue weighted by Crippen LogP contribution is -2.10. The quantitative estimate of drug-likeness (QED) is 0.768. The lowest BCUT2D eigenvalue weighted by Gasteiger charge is -2.18. The van der Waals surface area contributed by atoms with Crippen LogP contribution in [0.4, 0.5) is 0 Å². The maximum absolute atomic E-state index is 11.0. The summed E-state index contributed by atoms with van der Waals surface area (Å²) in [5.41, 5.74) is 1.04. The molecule has 15 heavy (non-hydrogen) atoms. The Morgan fingerprint density at radius 1 is 1.40 bits per heavy atom. The fourth-order valence-electron chi connectivity index (χ4n) is 1.62. The van der Waals surface area contributed by atoms with Gasteiger partial charge >= 0.3 is 5.97 Å². The number of hydrogen-bond donors (Lipinski definition) is 1. The molecule has 0 saturated carbocycles. The van der Waals surface area contributed by atoms with Crippen LogP contribution in [0.25, 0.3) is 0 Å². The first kappa shape index (κ1) is 11.4. The summed E-state index contributed by atoms with van der Waals surface area (Å²) in [5.74, 6) is -0.678. The summed E-state index contributed by atoms with van der Waals surface area (Å²) in [5, 5.41) is 9.03. The van der Waals surface area contributed by atoms with Crippen LogP contribution in [0.5, 0.6) is 0 Å². The largest absolute Gasteiger partial charge is 0.478 e. The molecule has 0 saturated heterocycles. The highest BCUT2D eigenvalue weighted by molar-refractivity contribution is 5.89. The number of aromatic carboxylic acids is 1. The second-order valence-electron chi connectivity index (χ2n) is 3.76. The lowest BCUT2D eigenvalue weighted by atomic mass is 9.93. The number of aliphatic imine (C=N–C) groups is 1. The molecule has 0 aliphatic carbocycles. The van der Waals surface area contributed by atoms with E-state index in [9.17, 15) is 4.79 Å². The third-order valence-corrected chi connectivity index (χ3v) is 2.34. The van der Waals surface area contributed by atoms with E-state index >= 15 is 0 Å². The third kappa shape index (κ3) is 2.43. The van der Waals surface area contributed by atoms with Gasteiger partial charge in [-0.2, -0.15) is 0 Å². The number of hydrogen-bond acceptors (Lipinski definition) is 2. The SMILES string of the molecule is C=NC(c1ccccc1C(=O)O)C(C)C. The van der Waals surface area contributed by atoms with Crippen molar-refractivity contribution in [3.8, 4) is 0 Å². The van der Waals surface area contributed by atoms with E-state index in [-0.39, 0.29) is 12.0 Å². The maximum atomic E-state index is 11.0. The van der Waals surface area contributed by atoms with Crippen molar-refractivity contribution in [2.45, 2.75) is 19.9 Å². The zero-order valence-electron chi connectivity index (χ0n) is 8.97. The van der Waals surface area contributed by atoms with Crippen molar-refractivity contribution in [2.75, 3.05) is 0 Å². The Labute approximate surface area is 89.5 Å². The van der Waals surface area contributed by atoms with Crippen LogP contribution in [0.2, 0.25) is 0 Å². The summed E-state index contributed by atoms with van der Waals surface area (Å²) in [6.45, 7) is 7.51. The van der Waals surface area contributed by atoms with Crippen LogP contribution in [0.3, 0.4) is 0 Å². The highest BCUT2D eigenvalue weighted by atomic mass is 16.4. The molecule has 1 unspecified atom stereocenters. The maximum Gasteiger partial charge on any atom is 0.336 e. The monoisotopic (exact) mass is 205 g/mol. The number of carboxylic acids is 1. The summed E-state index contributed by atoms with van der Waals surface area (Å²) >= 11 is 0. The molecule has 0 fully saturated rings. The van der Waals surface area contributed by atoms with Crippen LogP contribution >= 0.6 is 0 Å². The van der Waals surface area contributed by atoms with Gasteiger partial charge in [0, 0.05) is 0 Å². The van der Waals surface area contributed by atoms with Gasteiger partial charge in [0.05, 0.1) is 11.6 Å². The minimum atomic E-state index is -0.917. The van der Waals surface area contributed by atoms with Gasteiger partial charge in [0.15, 0.2) is 0 Å². The summed E-state index contributed by atoms with van der Waals surface area (Å²) < 4.78 is 0. The van der Waals surface area contributed by atoms with Crippen molar-refractivity contribution < 1.29 is 9.90 Å². The fourth-order valence-corrected chi connectivity index (χ4v) is 1.62. The molecule has 0 aromatic heterocycles. The van der Waals surface area contributed by atoms with Crippen LogP contribution < -0.4 is 0 Å². The topological polar surface area (TPSA) is 49.7 Å². The van der Waals surface area contributed by atoms with Crippen LogP contribution in [-0.4, -0.2) is 17.8 Å². The van der Waals surface area contributed by atoms with Gasteiger partial charge in [-0.1, -0.05) is 32.0 Å². The second kappa shape index (κ2) is 4.73. The van der Waals surface area contributed by atoms with Crippen molar-refractivity contribution in [1.82, 2.24) is 0 Å². The van der Waals surface area contributed by atoms with Crippen LogP contribution in [0.15, 0.2) is 29.3 Å². The van der Waals surface area contributed by atoms with E-state index in [1.165, 1.54) is 0 Å². The molecule has 1 aromatic carbocycles. The van der Waals surface area contributed by atoms with Gasteiger partial charge in [-0.3, -0.25) is 4.99 Å². The number of benzene rings is 1. The van der Waals surface area contributed by atoms with Crippen LogP contribution in [-0.2, 0) is 0 Å². The highest BCUT2D eigenvalue weighted by Crippen LogP contribution is 2.27. The third-order valence-electron chi connectivity index (χ3n) is 2.34. The summed E-state index contributed by atoms with van der Waals surface area (Å²) in [6, 6.07) is 6.77. The molecule has 80 valence electrons. The lowest BCUT2D eigenvalue weighted by molar-refractivity contribution is 0.0695. The summed E-state index contributed by atoms with van der Waals surface area (Å²) in [4.78, 5) is 15.0. The first-order chi connectivity index (χ1) is 7.07. The summed E-state index contributed by atoms with van der Waals surface area (Å²) in [7, 11) is 0. The average Bonchev–Trinajstić information content (AvgIpc) is 2.18. The molecule has 0 aliphatic heterocycles. The van der Waals surface area contributed by atoms with Gasteiger partial charge in [-0.15, -0.1) is 0 Å². The zero-order chi connectivity index (χ0) is 11.4. The van der Waals surface area contributed by atoms with Crippen molar-refractivity contribution in [2.24, 2.45) is 10.9 Å². The van der Waals surface area contributed by atoms with E-state index in [4.69, 9.17) is 5.11 Å². The first-order valence-corrected chi connectivity index (χ1v) is 4.86. The molecular formula is C12H15NO2. The van der Waals surface area contributed by atoms with E-state index in [2.05, 4.69) is 11.7 Å². The van der Waals surface area contributed by atoms with Gasteiger partial charge in [-0.05, 0) is 24.3 Å². The van der Waals surface area contributed by atoms with Crippen molar-refractivity contribution in [3.05, 3.63) is 35.4 Å². The zero-order valence-corrected chi connectivity index (χ0v) is 8.97. The Morgan fingerprint density at radius 3 is 2.47 bits per heavy atom. The number of rotatable bonds is 4. The van der Waals surface area contributed by atoms with Crippen molar-refractivity contribution in [3.63, 3.8) is 0 Å². The number of carboxylic acid groups (broad SMARTS) is 1. The van der Waals surface area contributed by atoms with Crippen molar-refractivity contribution >= 4 is 12.7 Å². The highest BCUT2D eigenvalue weighted by Gasteiger charge is 2.19. The van der Waals surface area contributed by atoms with E-state index in [1.54, 1.807) is 18.2 Å². The van der Waals surface area contributed by atoms with Gasteiger partial charge in [0.1, 0.15) is 0 Å². The minimum Gasteiger partial charge on any atom is -0.478 e. The Kier molecular flexibility index (Phi) is 3.61. The predicted molar refractivity (Wildman–Crippen MR) is 60.5 cm³/mol. The molecule has 0 aliphatic rings. The van der Waals surface area contributed by atoms with Crippen molar-refractivity contribution in [1.29, 1.82) is 0 Å². The standard InChI is InChI=1S/C12H15NO2/c1-8(2)11(13-3)9-6-4-5-7-10(9)12(14)15/h4-8,11H,3H2,1-2H3,(H,14,15). The van der Waals surface area contributed by atoms with Gasteiger partial charge < -0.3 is 5.11 Å². The molecule has 0 heterocycles. The molecule has 3 heteroatoms. The molecule has 1 aromatic rings. The molecule has 1 N–H and O–H groups in total. The van der Waals surface area contributed by atoms with Crippen LogP contribution in [0.1, 0.15) is 35.8 Å². The van der Waals surface area contributed by atoms with E-state index in [0.29, 0.717) is 5.56 Å². The average molecular weight is 205 g/mol. The Morgan fingerprint density at radius 2 is 2.00 bits per heavy atom. The number of carbonyl (C=O) groups is 1. The second-order valence-corrected chi connectivity index (χ2v) is 3.76. The van der Waals surface area contributed by atoms with Crippen LogP contribution in [0, 0.1) is 5.92 Å². The van der Waals surface area contributed by atoms with Gasteiger partial charge in [0.25, 0.3) is 0 Å². The normalized spacial score (nSPS) is 12.5. The number of nitrogens with zero attached hydrogens (tertiary/aromatic N) is 1. The molecule has 0 amide bonds. The fraction of sp³-hybridized carbons (Fsp3) is 0.333. The Bertz CT molecular complexity index is 372. The Hall–Kier alpha value is -1.64. The molecular weight excluding hydrogens is 190 g/mol. The van der Waals surface area contributed by atoms with Gasteiger partial charge in [0.2, 0.25) is 0 Å². The Balaban J connectivity index is 3.22. The molecule has 0 bridgehead atoms. The molecule has 0 spiro atoms. The van der Waals surface area contributed by atoms with Gasteiger partial charge in [-0.25, -0.2) is 4.79 Å². The summed E-state index contributed by atoms with van der Waals surface area (Å²) in [6.07, 6.45) is 0. The van der Waals surface area contributed by atoms with E-state index in [1.807, 2.05) is 19.9 Å². The first-order valence-electron chi connectivity index (χ1n) is 4.86. The smallest absolute Gasteiger partial charge is 0.336 e. The molecule has 3 nitrogen and oxygen atoms in total. The molecule has 1 rings (SSSR count). The minimum absolute atomic E-state index is 0.155.